The van der Waals surface area contributed by atoms with Gasteiger partial charge in [0, 0.05) is 34.9 Å². The lowest BCUT2D eigenvalue weighted by Gasteiger charge is -2.22. The van der Waals surface area contributed by atoms with Crippen molar-refractivity contribution in [3.63, 3.8) is 0 Å². The Hall–Kier alpha value is -2.01. The number of anilines is 1. The van der Waals surface area contributed by atoms with Crippen molar-refractivity contribution in [2.45, 2.75) is 51.4 Å². The predicted octanol–water partition coefficient (Wildman–Crippen LogP) is 5.01. The van der Waals surface area contributed by atoms with E-state index in [-0.39, 0.29) is 0 Å². The second-order valence-electron chi connectivity index (χ2n) is 6.85. The molecule has 1 amide bonds. The van der Waals surface area contributed by atoms with Gasteiger partial charge in [-0.2, -0.15) is 0 Å². The lowest BCUT2D eigenvalue weighted by atomic mass is 9.92. The van der Waals surface area contributed by atoms with Gasteiger partial charge in [-0.15, -0.1) is 0 Å². The normalized spacial score (nSPS) is 13.4. The van der Waals surface area contributed by atoms with Gasteiger partial charge in [-0.3, -0.25) is 4.98 Å². The van der Waals surface area contributed by atoms with Gasteiger partial charge >= 0.3 is 6.09 Å². The molecule has 140 valence electrons. The molecule has 3 rings (SSSR count). The maximum absolute atomic E-state index is 10.4. The molecule has 1 aliphatic carbocycles. The van der Waals surface area contributed by atoms with E-state index in [1.165, 1.54) is 29.8 Å². The van der Waals surface area contributed by atoms with Crippen LogP contribution in [0, 0.1) is 0 Å². The number of carbonyl (C=O) groups is 1. The Kier molecular flexibility index (Phi) is 6.56. The molecule has 0 saturated heterocycles. The van der Waals surface area contributed by atoms with E-state index in [1.54, 1.807) is 0 Å². The summed E-state index contributed by atoms with van der Waals surface area (Å²) in [4.78, 5) is 15.3. The zero-order chi connectivity index (χ0) is 18.4. The van der Waals surface area contributed by atoms with Gasteiger partial charge < -0.3 is 15.7 Å². The van der Waals surface area contributed by atoms with Crippen LogP contribution in [-0.4, -0.2) is 29.3 Å². The fourth-order valence-corrected chi connectivity index (χ4v) is 3.78. The fourth-order valence-electron chi connectivity index (χ4n) is 3.61. The van der Waals surface area contributed by atoms with Gasteiger partial charge in [0.1, 0.15) is 0 Å². The molecule has 0 saturated carbocycles. The highest BCUT2D eigenvalue weighted by molar-refractivity contribution is 6.31. The zero-order valence-electron chi connectivity index (χ0n) is 15.0. The Morgan fingerprint density at radius 2 is 1.88 bits per heavy atom. The van der Waals surface area contributed by atoms with Gasteiger partial charge in [-0.1, -0.05) is 24.4 Å². The van der Waals surface area contributed by atoms with E-state index in [4.69, 9.17) is 21.7 Å². The minimum absolute atomic E-state index is 0.534. The molecular weight excluding hydrogens is 350 g/mol. The van der Waals surface area contributed by atoms with E-state index >= 15 is 0 Å². The Morgan fingerprint density at radius 3 is 2.69 bits per heavy atom. The number of nitrogens with one attached hydrogen (secondary N) is 2. The molecule has 1 heterocycles. The second kappa shape index (κ2) is 9.08. The van der Waals surface area contributed by atoms with Crippen LogP contribution in [0.15, 0.2) is 18.2 Å². The van der Waals surface area contributed by atoms with Crippen LogP contribution in [0.2, 0.25) is 5.02 Å². The first kappa shape index (κ1) is 18.8. The molecule has 0 atom stereocenters. The number of unbranched alkanes of at least 4 members (excludes halogenated alkanes) is 3. The lowest BCUT2D eigenvalue weighted by molar-refractivity contribution is 0.194. The molecule has 6 heteroatoms. The molecule has 0 unspecified atom stereocenters. The number of aromatic nitrogens is 1. The van der Waals surface area contributed by atoms with E-state index in [2.05, 4.69) is 16.7 Å². The fraction of sp³-hybridized carbons (Fsp3) is 0.500. The van der Waals surface area contributed by atoms with E-state index in [0.717, 1.165) is 61.0 Å². The average molecular weight is 376 g/mol. The van der Waals surface area contributed by atoms with Gasteiger partial charge in [0.2, 0.25) is 0 Å². The molecule has 1 aliphatic rings. The van der Waals surface area contributed by atoms with Crippen LogP contribution in [0.4, 0.5) is 10.5 Å². The number of rotatable bonds is 8. The molecule has 2 aromatic rings. The summed E-state index contributed by atoms with van der Waals surface area (Å²) in [6.07, 6.45) is 7.69. The van der Waals surface area contributed by atoms with E-state index in [1.807, 2.05) is 12.1 Å². The predicted molar refractivity (Wildman–Crippen MR) is 106 cm³/mol. The van der Waals surface area contributed by atoms with Gasteiger partial charge in [0.15, 0.2) is 0 Å². The molecule has 3 N–H and O–H groups in total. The van der Waals surface area contributed by atoms with Crippen molar-refractivity contribution in [2.75, 3.05) is 18.4 Å². The standard InChI is InChI=1S/C20H26ClN3O2/c21-14-9-10-16-18(13-14)24-17-8-4-3-7-15(17)19(16)22-11-5-1-2-6-12-23-20(25)26/h9-10,13,23H,1-8,11-12H2,(H,22,24)(H,25,26). The van der Waals surface area contributed by atoms with Crippen LogP contribution in [0.3, 0.4) is 0 Å². The number of nitrogens with zero attached hydrogens (tertiary/aromatic N) is 1. The topological polar surface area (TPSA) is 74.2 Å². The summed E-state index contributed by atoms with van der Waals surface area (Å²) in [6.45, 7) is 1.45. The number of pyridine rings is 1. The molecule has 0 spiro atoms. The summed E-state index contributed by atoms with van der Waals surface area (Å²) in [5.74, 6) is 0. The van der Waals surface area contributed by atoms with Crippen molar-refractivity contribution in [3.8, 4) is 0 Å². The summed E-state index contributed by atoms with van der Waals surface area (Å²) in [6, 6.07) is 5.95. The number of carboxylic acid groups (broad SMARTS) is 1. The number of aryl methyl sites for hydroxylation is 1. The Balaban J connectivity index is 1.61. The van der Waals surface area contributed by atoms with Crippen LogP contribution < -0.4 is 10.6 Å². The first-order valence-electron chi connectivity index (χ1n) is 9.47. The maximum Gasteiger partial charge on any atom is 0.404 e. The smallest absolute Gasteiger partial charge is 0.404 e. The monoisotopic (exact) mass is 375 g/mol. The van der Waals surface area contributed by atoms with Crippen LogP contribution in [0.25, 0.3) is 10.9 Å². The van der Waals surface area contributed by atoms with E-state index < -0.39 is 6.09 Å². The number of hydrogen-bond donors (Lipinski definition) is 3. The zero-order valence-corrected chi connectivity index (χ0v) is 15.7. The van der Waals surface area contributed by atoms with Gasteiger partial charge in [0.25, 0.3) is 0 Å². The van der Waals surface area contributed by atoms with Crippen molar-refractivity contribution in [1.82, 2.24) is 10.3 Å². The Labute approximate surface area is 159 Å². The first-order chi connectivity index (χ1) is 12.6. The largest absolute Gasteiger partial charge is 0.465 e. The molecule has 0 radical (unpaired) electrons. The van der Waals surface area contributed by atoms with Crippen LogP contribution >= 0.6 is 11.6 Å². The van der Waals surface area contributed by atoms with Crippen molar-refractivity contribution in [2.24, 2.45) is 0 Å². The minimum atomic E-state index is -0.943. The highest BCUT2D eigenvalue weighted by atomic mass is 35.5. The lowest BCUT2D eigenvalue weighted by Crippen LogP contribution is -2.21. The molecule has 0 fully saturated rings. The van der Waals surface area contributed by atoms with Gasteiger partial charge in [0.05, 0.1) is 5.52 Å². The summed E-state index contributed by atoms with van der Waals surface area (Å²) < 4.78 is 0. The van der Waals surface area contributed by atoms with E-state index in [0.29, 0.717) is 6.54 Å². The van der Waals surface area contributed by atoms with Gasteiger partial charge in [-0.25, -0.2) is 4.79 Å². The third kappa shape index (κ3) is 4.79. The van der Waals surface area contributed by atoms with Crippen molar-refractivity contribution in [3.05, 3.63) is 34.5 Å². The summed E-state index contributed by atoms with van der Waals surface area (Å²) >= 11 is 6.16. The van der Waals surface area contributed by atoms with Gasteiger partial charge in [-0.05, 0) is 62.3 Å². The Morgan fingerprint density at radius 1 is 1.12 bits per heavy atom. The van der Waals surface area contributed by atoms with Crippen LogP contribution in [0.5, 0.6) is 0 Å². The van der Waals surface area contributed by atoms with Crippen molar-refractivity contribution < 1.29 is 9.90 Å². The van der Waals surface area contributed by atoms with E-state index in [9.17, 15) is 4.79 Å². The minimum Gasteiger partial charge on any atom is -0.465 e. The highest BCUT2D eigenvalue weighted by Gasteiger charge is 2.18. The number of benzene rings is 1. The summed E-state index contributed by atoms with van der Waals surface area (Å²) in [5, 5.41) is 16.5. The molecule has 0 aliphatic heterocycles. The summed E-state index contributed by atoms with van der Waals surface area (Å²) in [5.41, 5.74) is 4.79. The molecule has 5 nitrogen and oxygen atoms in total. The molecular formula is C20H26ClN3O2. The third-order valence-corrected chi connectivity index (χ3v) is 5.14. The van der Waals surface area contributed by atoms with Crippen molar-refractivity contribution in [1.29, 1.82) is 0 Å². The molecule has 1 aromatic heterocycles. The second-order valence-corrected chi connectivity index (χ2v) is 7.29. The number of amides is 1. The molecule has 0 bridgehead atoms. The van der Waals surface area contributed by atoms with Crippen molar-refractivity contribution >= 4 is 34.3 Å². The SMILES string of the molecule is O=C(O)NCCCCCCNc1c2c(nc3cc(Cl)ccc13)CCCC2. The average Bonchev–Trinajstić information content (AvgIpc) is 2.62. The number of hydrogen-bond acceptors (Lipinski definition) is 3. The van der Waals surface area contributed by atoms with Crippen LogP contribution in [0.1, 0.15) is 49.8 Å². The third-order valence-electron chi connectivity index (χ3n) is 4.91. The highest BCUT2D eigenvalue weighted by Crippen LogP contribution is 2.34. The Bertz CT molecular complexity index is 779. The summed E-state index contributed by atoms with van der Waals surface area (Å²) in [7, 11) is 0. The molecule has 1 aromatic carbocycles. The molecule has 26 heavy (non-hydrogen) atoms. The first-order valence-corrected chi connectivity index (χ1v) is 9.84. The quantitative estimate of drug-likeness (QED) is 0.567. The van der Waals surface area contributed by atoms with Crippen LogP contribution in [-0.2, 0) is 12.8 Å². The number of fused-ring (bicyclic) bond motifs is 2. The number of halogens is 1. The maximum atomic E-state index is 10.4.